The van der Waals surface area contributed by atoms with Crippen molar-refractivity contribution in [3.05, 3.63) is 59.8 Å². The van der Waals surface area contributed by atoms with Gasteiger partial charge in [-0.25, -0.2) is 4.98 Å². The zero-order valence-corrected chi connectivity index (χ0v) is 15.3. The highest BCUT2D eigenvalue weighted by atomic mass is 32.2. The van der Waals surface area contributed by atoms with Crippen LogP contribution in [0.3, 0.4) is 0 Å². The van der Waals surface area contributed by atoms with Crippen molar-refractivity contribution in [1.29, 1.82) is 0 Å². The van der Waals surface area contributed by atoms with Gasteiger partial charge in [-0.05, 0) is 49.6 Å². The minimum absolute atomic E-state index is 0.0859. The van der Waals surface area contributed by atoms with Crippen molar-refractivity contribution in [3.63, 3.8) is 0 Å². The molecule has 4 nitrogen and oxygen atoms in total. The summed E-state index contributed by atoms with van der Waals surface area (Å²) in [6.45, 7) is 2.03. The number of nitrogens with one attached hydrogen (secondary N) is 1. The molecule has 132 valence electrons. The summed E-state index contributed by atoms with van der Waals surface area (Å²) in [6.07, 6.45) is 4.67. The molecule has 0 spiro atoms. The molecular formula is C20H24N2O2S. The van der Waals surface area contributed by atoms with E-state index in [1.165, 1.54) is 5.56 Å². The first kappa shape index (κ1) is 17.8. The van der Waals surface area contributed by atoms with Crippen LogP contribution in [0.4, 0.5) is 0 Å². The fourth-order valence-corrected chi connectivity index (χ4v) is 3.92. The Morgan fingerprint density at radius 2 is 2.16 bits per heavy atom. The SMILES string of the molecule is CC(CCc1ccccc1)NC(=O)c1cccnc1OC1CCSC1. The van der Waals surface area contributed by atoms with Crippen molar-refractivity contribution in [2.24, 2.45) is 0 Å². The third kappa shape index (κ3) is 5.23. The monoisotopic (exact) mass is 356 g/mol. The van der Waals surface area contributed by atoms with Crippen molar-refractivity contribution in [2.45, 2.75) is 38.3 Å². The number of aromatic nitrogens is 1. The average Bonchev–Trinajstić information content (AvgIpc) is 3.14. The number of benzene rings is 1. The zero-order valence-electron chi connectivity index (χ0n) is 14.5. The van der Waals surface area contributed by atoms with E-state index < -0.39 is 0 Å². The molecule has 1 fully saturated rings. The van der Waals surface area contributed by atoms with Gasteiger partial charge in [-0.1, -0.05) is 30.3 Å². The van der Waals surface area contributed by atoms with E-state index in [0.29, 0.717) is 11.4 Å². The molecule has 1 aliphatic heterocycles. The number of carbonyl (C=O) groups excluding carboxylic acids is 1. The molecule has 1 amide bonds. The van der Waals surface area contributed by atoms with Gasteiger partial charge in [0.2, 0.25) is 5.88 Å². The largest absolute Gasteiger partial charge is 0.473 e. The number of carbonyl (C=O) groups is 1. The Morgan fingerprint density at radius 1 is 1.32 bits per heavy atom. The molecule has 0 saturated carbocycles. The second-order valence-corrected chi connectivity index (χ2v) is 7.51. The van der Waals surface area contributed by atoms with E-state index in [4.69, 9.17) is 4.74 Å². The molecule has 0 bridgehead atoms. The molecule has 2 atom stereocenters. The van der Waals surface area contributed by atoms with Gasteiger partial charge in [-0.2, -0.15) is 11.8 Å². The molecular weight excluding hydrogens is 332 g/mol. The summed E-state index contributed by atoms with van der Waals surface area (Å²) in [4.78, 5) is 16.9. The second-order valence-electron chi connectivity index (χ2n) is 6.36. The molecule has 1 aromatic heterocycles. The van der Waals surface area contributed by atoms with Crippen LogP contribution < -0.4 is 10.1 Å². The first-order chi connectivity index (χ1) is 12.2. The Balaban J connectivity index is 1.56. The molecule has 0 radical (unpaired) electrons. The maximum atomic E-state index is 12.6. The molecule has 1 N–H and O–H groups in total. The van der Waals surface area contributed by atoms with Crippen LogP contribution in [0.25, 0.3) is 0 Å². The van der Waals surface area contributed by atoms with Crippen LogP contribution in [-0.2, 0) is 6.42 Å². The number of aryl methyl sites for hydroxylation is 1. The zero-order chi connectivity index (χ0) is 17.5. The summed E-state index contributed by atoms with van der Waals surface area (Å²) in [5.74, 6) is 2.40. The Hall–Kier alpha value is -2.01. The van der Waals surface area contributed by atoms with Crippen LogP contribution >= 0.6 is 11.8 Å². The van der Waals surface area contributed by atoms with Gasteiger partial charge in [-0.15, -0.1) is 0 Å². The Labute approximate surface area is 153 Å². The highest BCUT2D eigenvalue weighted by Crippen LogP contribution is 2.24. The average molecular weight is 356 g/mol. The quantitative estimate of drug-likeness (QED) is 0.821. The molecule has 2 heterocycles. The number of rotatable bonds is 7. The number of hydrogen-bond donors (Lipinski definition) is 1. The lowest BCUT2D eigenvalue weighted by molar-refractivity contribution is 0.0930. The molecule has 2 unspecified atom stereocenters. The molecule has 2 aromatic rings. The standard InChI is InChI=1S/C20H24N2O2S/c1-15(9-10-16-6-3-2-4-7-16)22-19(23)18-8-5-12-21-20(18)24-17-11-13-25-14-17/h2-8,12,15,17H,9-11,13-14H2,1H3,(H,22,23). The van der Waals surface area contributed by atoms with E-state index in [2.05, 4.69) is 22.4 Å². The summed E-state index contributed by atoms with van der Waals surface area (Å²) in [5.41, 5.74) is 1.80. The summed E-state index contributed by atoms with van der Waals surface area (Å²) in [5, 5.41) is 3.07. The number of pyridine rings is 1. The van der Waals surface area contributed by atoms with E-state index in [1.807, 2.05) is 36.9 Å². The topological polar surface area (TPSA) is 51.2 Å². The minimum Gasteiger partial charge on any atom is -0.473 e. The lowest BCUT2D eigenvalue weighted by atomic mass is 10.1. The molecule has 1 aliphatic rings. The van der Waals surface area contributed by atoms with E-state index >= 15 is 0 Å². The van der Waals surface area contributed by atoms with Gasteiger partial charge in [0, 0.05) is 18.0 Å². The maximum Gasteiger partial charge on any atom is 0.256 e. The lowest BCUT2D eigenvalue weighted by Gasteiger charge is -2.17. The number of ether oxygens (including phenoxy) is 1. The fourth-order valence-electron chi connectivity index (χ4n) is 2.82. The molecule has 0 aliphatic carbocycles. The van der Waals surface area contributed by atoms with Gasteiger partial charge in [-0.3, -0.25) is 4.79 Å². The Bertz CT molecular complexity index is 687. The van der Waals surface area contributed by atoms with Crippen LogP contribution in [0, 0.1) is 0 Å². The lowest BCUT2D eigenvalue weighted by Crippen LogP contribution is -2.33. The summed E-state index contributed by atoms with van der Waals surface area (Å²) in [6, 6.07) is 14.0. The smallest absolute Gasteiger partial charge is 0.256 e. The molecule has 1 aromatic carbocycles. The van der Waals surface area contributed by atoms with Crippen molar-refractivity contribution in [1.82, 2.24) is 10.3 Å². The molecule has 25 heavy (non-hydrogen) atoms. The van der Waals surface area contributed by atoms with Gasteiger partial charge in [0.1, 0.15) is 11.7 Å². The van der Waals surface area contributed by atoms with E-state index in [1.54, 1.807) is 18.3 Å². The van der Waals surface area contributed by atoms with Crippen molar-refractivity contribution < 1.29 is 9.53 Å². The van der Waals surface area contributed by atoms with E-state index in [-0.39, 0.29) is 18.1 Å². The van der Waals surface area contributed by atoms with Crippen LogP contribution in [0.15, 0.2) is 48.7 Å². The third-order valence-electron chi connectivity index (χ3n) is 4.27. The molecule has 3 rings (SSSR count). The van der Waals surface area contributed by atoms with Gasteiger partial charge in [0.05, 0.1) is 0 Å². The normalized spacial score (nSPS) is 17.9. The number of thioether (sulfide) groups is 1. The first-order valence-corrected chi connectivity index (χ1v) is 9.92. The highest BCUT2D eigenvalue weighted by Gasteiger charge is 2.21. The molecule has 1 saturated heterocycles. The van der Waals surface area contributed by atoms with Gasteiger partial charge in [0.15, 0.2) is 0 Å². The first-order valence-electron chi connectivity index (χ1n) is 8.76. The molecule has 5 heteroatoms. The fraction of sp³-hybridized carbons (Fsp3) is 0.400. The highest BCUT2D eigenvalue weighted by molar-refractivity contribution is 7.99. The van der Waals surface area contributed by atoms with E-state index in [0.717, 1.165) is 30.8 Å². The van der Waals surface area contributed by atoms with E-state index in [9.17, 15) is 4.79 Å². The Morgan fingerprint density at radius 3 is 2.92 bits per heavy atom. The van der Waals surface area contributed by atoms with Crippen molar-refractivity contribution in [2.75, 3.05) is 11.5 Å². The predicted molar refractivity (Wildman–Crippen MR) is 102 cm³/mol. The van der Waals surface area contributed by atoms with Gasteiger partial charge >= 0.3 is 0 Å². The van der Waals surface area contributed by atoms with Crippen LogP contribution in [-0.4, -0.2) is 34.5 Å². The van der Waals surface area contributed by atoms with Gasteiger partial charge < -0.3 is 10.1 Å². The summed E-state index contributed by atoms with van der Waals surface area (Å²) < 4.78 is 5.95. The van der Waals surface area contributed by atoms with Crippen LogP contribution in [0.1, 0.15) is 35.7 Å². The second kappa shape index (κ2) is 8.90. The summed E-state index contributed by atoms with van der Waals surface area (Å²) in [7, 11) is 0. The van der Waals surface area contributed by atoms with Gasteiger partial charge in [0.25, 0.3) is 5.91 Å². The third-order valence-corrected chi connectivity index (χ3v) is 5.40. The van der Waals surface area contributed by atoms with Crippen molar-refractivity contribution in [3.8, 4) is 5.88 Å². The number of nitrogens with zero attached hydrogens (tertiary/aromatic N) is 1. The minimum atomic E-state index is -0.116. The summed E-state index contributed by atoms with van der Waals surface area (Å²) >= 11 is 1.88. The Kier molecular flexibility index (Phi) is 6.34. The van der Waals surface area contributed by atoms with Crippen LogP contribution in [0.5, 0.6) is 5.88 Å². The maximum absolute atomic E-state index is 12.6. The van der Waals surface area contributed by atoms with Crippen LogP contribution in [0.2, 0.25) is 0 Å². The number of hydrogen-bond acceptors (Lipinski definition) is 4. The van der Waals surface area contributed by atoms with Crippen molar-refractivity contribution >= 4 is 17.7 Å². The number of amides is 1. The predicted octanol–water partition coefficient (Wildman–Crippen LogP) is 3.72.